The van der Waals surface area contributed by atoms with Crippen LogP contribution in [0.25, 0.3) is 0 Å². The second-order valence-corrected chi connectivity index (χ2v) is 6.20. The molecule has 112 valence electrons. The lowest BCUT2D eigenvalue weighted by atomic mass is 10.3. The van der Waals surface area contributed by atoms with Gasteiger partial charge < -0.3 is 10.8 Å². The molecule has 0 aliphatic carbocycles. The minimum Gasteiger partial charge on any atom is -0.508 e. The minimum absolute atomic E-state index is 0.0400. The van der Waals surface area contributed by atoms with Crippen molar-refractivity contribution in [2.45, 2.75) is 4.90 Å². The topological polar surface area (TPSA) is 83.6 Å². The Balaban J connectivity index is 2.52. The van der Waals surface area contributed by atoms with Crippen LogP contribution in [0, 0.1) is 11.6 Å². The fraction of sp³-hybridized carbons (Fsp3) is 0.0769. The molecule has 2 aromatic rings. The van der Waals surface area contributed by atoms with Gasteiger partial charge in [-0.25, -0.2) is 17.2 Å². The smallest absolute Gasteiger partial charge is 0.267 e. The van der Waals surface area contributed by atoms with E-state index in [9.17, 15) is 22.3 Å². The molecule has 2 rings (SSSR count). The van der Waals surface area contributed by atoms with Gasteiger partial charge in [0.25, 0.3) is 10.0 Å². The normalized spacial score (nSPS) is 11.4. The van der Waals surface area contributed by atoms with E-state index in [2.05, 4.69) is 0 Å². The first-order valence-corrected chi connectivity index (χ1v) is 7.20. The van der Waals surface area contributed by atoms with E-state index in [1.807, 2.05) is 0 Å². The van der Waals surface area contributed by atoms with Crippen LogP contribution in [0.2, 0.25) is 0 Å². The summed E-state index contributed by atoms with van der Waals surface area (Å²) in [6, 6.07) is 6.87. The summed E-state index contributed by atoms with van der Waals surface area (Å²) >= 11 is 0. The van der Waals surface area contributed by atoms with E-state index < -0.39 is 32.2 Å². The van der Waals surface area contributed by atoms with Crippen LogP contribution in [0.3, 0.4) is 0 Å². The lowest BCUT2D eigenvalue weighted by Gasteiger charge is -2.20. The van der Waals surface area contributed by atoms with Crippen molar-refractivity contribution in [2.75, 3.05) is 17.1 Å². The number of rotatable bonds is 3. The van der Waals surface area contributed by atoms with Crippen molar-refractivity contribution in [2.24, 2.45) is 0 Å². The Morgan fingerprint density at radius 2 is 1.67 bits per heavy atom. The fourth-order valence-electron chi connectivity index (χ4n) is 1.70. The van der Waals surface area contributed by atoms with E-state index in [4.69, 9.17) is 5.73 Å². The first-order chi connectivity index (χ1) is 9.75. The van der Waals surface area contributed by atoms with Crippen molar-refractivity contribution in [3.05, 3.63) is 48.0 Å². The van der Waals surface area contributed by atoms with Gasteiger partial charge in [-0.3, -0.25) is 4.31 Å². The van der Waals surface area contributed by atoms with Gasteiger partial charge in [0.15, 0.2) is 5.82 Å². The second-order valence-electron chi connectivity index (χ2n) is 4.26. The lowest BCUT2D eigenvalue weighted by Crippen LogP contribution is -2.27. The molecule has 0 heterocycles. The van der Waals surface area contributed by atoms with E-state index in [1.54, 1.807) is 0 Å². The quantitative estimate of drug-likeness (QED) is 0.850. The van der Waals surface area contributed by atoms with Crippen molar-refractivity contribution in [1.29, 1.82) is 0 Å². The predicted molar refractivity (Wildman–Crippen MR) is 74.5 cm³/mol. The van der Waals surface area contributed by atoms with Crippen LogP contribution < -0.4 is 10.0 Å². The molecular weight excluding hydrogens is 302 g/mol. The number of nitrogens with two attached hydrogens (primary N) is 1. The number of phenolic OH excluding ortho intramolecular Hbond substituents is 1. The zero-order chi connectivity index (χ0) is 15.8. The highest BCUT2D eigenvalue weighted by atomic mass is 32.2. The number of nitrogen functional groups attached to an aromatic ring is 1. The molecule has 5 nitrogen and oxygen atoms in total. The van der Waals surface area contributed by atoms with Crippen molar-refractivity contribution < 1.29 is 22.3 Å². The zero-order valence-corrected chi connectivity index (χ0v) is 11.7. The molecule has 21 heavy (non-hydrogen) atoms. The lowest BCUT2D eigenvalue weighted by molar-refractivity contribution is 0.475. The summed E-state index contributed by atoms with van der Waals surface area (Å²) in [4.78, 5) is -0.725. The van der Waals surface area contributed by atoms with Crippen LogP contribution in [0.15, 0.2) is 41.3 Å². The average molecular weight is 314 g/mol. The van der Waals surface area contributed by atoms with E-state index >= 15 is 0 Å². The molecule has 0 amide bonds. The van der Waals surface area contributed by atoms with Gasteiger partial charge in [-0.1, -0.05) is 0 Å². The Hall–Kier alpha value is -2.35. The number of sulfonamides is 1. The van der Waals surface area contributed by atoms with E-state index in [0.717, 1.165) is 16.4 Å². The number of anilines is 2. The summed E-state index contributed by atoms with van der Waals surface area (Å²) in [5, 5.41) is 9.18. The maximum Gasteiger partial charge on any atom is 0.267 e. The molecule has 0 atom stereocenters. The molecule has 0 fully saturated rings. The number of hydrogen-bond acceptors (Lipinski definition) is 4. The number of nitrogens with zero attached hydrogens (tertiary/aromatic N) is 1. The van der Waals surface area contributed by atoms with E-state index in [0.29, 0.717) is 0 Å². The van der Waals surface area contributed by atoms with Crippen molar-refractivity contribution in [3.8, 4) is 5.75 Å². The molecule has 0 saturated carbocycles. The number of hydrogen-bond donors (Lipinski definition) is 2. The van der Waals surface area contributed by atoms with Crippen LogP contribution in [0.5, 0.6) is 5.75 Å². The molecule has 3 N–H and O–H groups in total. The Labute approximate surface area is 120 Å². The van der Waals surface area contributed by atoms with Gasteiger partial charge in [0, 0.05) is 7.05 Å². The summed E-state index contributed by atoms with van der Waals surface area (Å²) in [6.45, 7) is 0. The van der Waals surface area contributed by atoms with Gasteiger partial charge in [-0.2, -0.15) is 0 Å². The molecular formula is C13H12F2N2O3S. The Morgan fingerprint density at radius 1 is 1.10 bits per heavy atom. The SMILES string of the molecule is CN(c1ccc(O)cc1)S(=O)(=O)c1ccc(F)c(N)c1F. The highest BCUT2D eigenvalue weighted by Gasteiger charge is 2.27. The first-order valence-electron chi connectivity index (χ1n) is 5.76. The fourth-order valence-corrected chi connectivity index (χ4v) is 2.97. The predicted octanol–water partition coefficient (Wildman–Crippen LogP) is 2.08. The molecule has 0 bridgehead atoms. The van der Waals surface area contributed by atoms with Crippen LogP contribution in [-0.4, -0.2) is 20.6 Å². The molecule has 0 radical (unpaired) electrons. The third-order valence-electron chi connectivity index (χ3n) is 2.94. The van der Waals surface area contributed by atoms with Crippen LogP contribution in [-0.2, 0) is 10.0 Å². The van der Waals surface area contributed by atoms with Gasteiger partial charge in [-0.05, 0) is 36.4 Å². The first kappa shape index (κ1) is 15.0. The minimum atomic E-state index is -4.24. The Kier molecular flexibility index (Phi) is 3.73. The van der Waals surface area contributed by atoms with Gasteiger partial charge in [-0.15, -0.1) is 0 Å². The Bertz CT molecular complexity index is 777. The maximum atomic E-state index is 13.9. The standard InChI is InChI=1S/C13H12F2N2O3S/c1-17(8-2-4-9(18)5-3-8)21(19,20)11-7-6-10(14)13(16)12(11)15/h2-7,18H,16H2,1H3. The summed E-state index contributed by atoms with van der Waals surface area (Å²) in [5.74, 6) is -2.40. The molecule has 0 saturated heterocycles. The summed E-state index contributed by atoms with van der Waals surface area (Å²) in [5.41, 5.74) is 4.52. The summed E-state index contributed by atoms with van der Waals surface area (Å²) in [7, 11) is -3.04. The van der Waals surface area contributed by atoms with Crippen molar-refractivity contribution >= 4 is 21.4 Å². The van der Waals surface area contributed by atoms with Crippen LogP contribution in [0.4, 0.5) is 20.2 Å². The van der Waals surface area contributed by atoms with Gasteiger partial charge >= 0.3 is 0 Å². The molecule has 0 aliphatic heterocycles. The number of halogens is 2. The molecule has 0 spiro atoms. The monoisotopic (exact) mass is 314 g/mol. The summed E-state index contributed by atoms with van der Waals surface area (Å²) < 4.78 is 52.5. The largest absolute Gasteiger partial charge is 0.508 e. The highest BCUT2D eigenvalue weighted by Crippen LogP contribution is 2.28. The molecule has 0 unspecified atom stereocenters. The highest BCUT2D eigenvalue weighted by molar-refractivity contribution is 7.92. The van der Waals surface area contributed by atoms with Crippen LogP contribution in [0.1, 0.15) is 0 Å². The molecule has 0 aromatic heterocycles. The van der Waals surface area contributed by atoms with E-state index in [-0.39, 0.29) is 11.4 Å². The van der Waals surface area contributed by atoms with E-state index in [1.165, 1.54) is 31.3 Å². The maximum absolute atomic E-state index is 13.9. The molecule has 2 aromatic carbocycles. The van der Waals surface area contributed by atoms with Gasteiger partial charge in [0.2, 0.25) is 0 Å². The van der Waals surface area contributed by atoms with Crippen LogP contribution >= 0.6 is 0 Å². The molecule has 8 heteroatoms. The molecule has 0 aliphatic rings. The number of aromatic hydroxyl groups is 1. The van der Waals surface area contributed by atoms with Gasteiger partial charge in [0.05, 0.1) is 5.69 Å². The Morgan fingerprint density at radius 3 is 2.24 bits per heavy atom. The third kappa shape index (κ3) is 2.62. The zero-order valence-electron chi connectivity index (χ0n) is 10.9. The van der Waals surface area contributed by atoms with Crippen molar-refractivity contribution in [1.82, 2.24) is 0 Å². The average Bonchev–Trinajstić information content (AvgIpc) is 2.44. The van der Waals surface area contributed by atoms with Crippen molar-refractivity contribution in [3.63, 3.8) is 0 Å². The van der Waals surface area contributed by atoms with Gasteiger partial charge in [0.1, 0.15) is 22.1 Å². The summed E-state index contributed by atoms with van der Waals surface area (Å²) in [6.07, 6.45) is 0. The third-order valence-corrected chi connectivity index (χ3v) is 4.75. The number of benzene rings is 2. The second kappa shape index (κ2) is 5.21. The number of phenols is 1.